The van der Waals surface area contributed by atoms with E-state index < -0.39 is 34.4 Å². The van der Waals surface area contributed by atoms with Crippen molar-refractivity contribution in [1.82, 2.24) is 5.32 Å². The molecular formula is C26H20Cl2N4O4. The van der Waals surface area contributed by atoms with Gasteiger partial charge in [0, 0.05) is 27.8 Å². The lowest BCUT2D eigenvalue weighted by Gasteiger charge is -2.25. The summed E-state index contributed by atoms with van der Waals surface area (Å²) in [6.45, 7) is 1.87. The molecular weight excluding hydrogens is 503 g/mol. The van der Waals surface area contributed by atoms with Gasteiger partial charge in [-0.25, -0.2) is 0 Å². The maximum absolute atomic E-state index is 13.2. The summed E-state index contributed by atoms with van der Waals surface area (Å²) < 4.78 is 5.84. The van der Waals surface area contributed by atoms with Crippen LogP contribution in [0.1, 0.15) is 35.1 Å². The van der Waals surface area contributed by atoms with Crippen molar-refractivity contribution in [2.24, 2.45) is 0 Å². The Morgan fingerprint density at radius 1 is 1.14 bits per heavy atom. The summed E-state index contributed by atoms with van der Waals surface area (Å²) in [7, 11) is 0. The van der Waals surface area contributed by atoms with Crippen LogP contribution in [0.15, 0.2) is 60.7 Å². The van der Waals surface area contributed by atoms with Gasteiger partial charge < -0.3 is 10.1 Å². The quantitative estimate of drug-likeness (QED) is 0.359. The third-order valence-electron chi connectivity index (χ3n) is 6.88. The first-order valence-corrected chi connectivity index (χ1v) is 12.0. The summed E-state index contributed by atoms with van der Waals surface area (Å²) in [4.78, 5) is 25.2. The fourth-order valence-corrected chi connectivity index (χ4v) is 5.98. The molecule has 2 heterocycles. The maximum Gasteiger partial charge on any atom is 0.256 e. The zero-order valence-electron chi connectivity index (χ0n) is 19.0. The molecule has 1 saturated heterocycles. The molecule has 0 unspecified atom stereocenters. The largest absolute Gasteiger partial charge is 0.486 e. The smallest absolute Gasteiger partial charge is 0.256 e. The minimum absolute atomic E-state index is 0.0709. The lowest BCUT2D eigenvalue weighted by Crippen LogP contribution is -2.54. The highest BCUT2D eigenvalue weighted by molar-refractivity contribution is 6.37. The van der Waals surface area contributed by atoms with Gasteiger partial charge in [0.2, 0.25) is 0 Å². The van der Waals surface area contributed by atoms with Crippen molar-refractivity contribution >= 4 is 34.8 Å². The maximum atomic E-state index is 13.2. The van der Waals surface area contributed by atoms with Gasteiger partial charge in [-0.15, -0.1) is 0 Å². The number of hydrogen-bond donors (Lipinski definition) is 2. The number of nitrogens with one attached hydrogen (secondary N) is 2. The highest BCUT2D eigenvalue weighted by Gasteiger charge is 2.67. The summed E-state index contributed by atoms with van der Waals surface area (Å²) in [5, 5.41) is 28.1. The Labute approximate surface area is 216 Å². The van der Waals surface area contributed by atoms with Crippen LogP contribution in [0, 0.1) is 21.4 Å². The van der Waals surface area contributed by atoms with E-state index in [1.807, 2.05) is 0 Å². The molecule has 3 aromatic rings. The van der Waals surface area contributed by atoms with E-state index in [1.165, 1.54) is 0 Å². The van der Waals surface area contributed by atoms with Crippen molar-refractivity contribution < 1.29 is 14.5 Å². The van der Waals surface area contributed by atoms with Crippen LogP contribution >= 0.6 is 23.2 Å². The van der Waals surface area contributed by atoms with E-state index in [0.717, 1.165) is 0 Å². The topological polar surface area (TPSA) is 117 Å². The van der Waals surface area contributed by atoms with E-state index in [4.69, 9.17) is 27.9 Å². The van der Waals surface area contributed by atoms with Gasteiger partial charge in [0.05, 0.1) is 27.6 Å². The van der Waals surface area contributed by atoms with E-state index in [1.54, 1.807) is 67.6 Å². The first-order valence-electron chi connectivity index (χ1n) is 11.2. The standard InChI is InChI=1S/C26H20Cl2N4O4/c1-14-22(24(32(34)35)26(31-14)18-8-4-5-9-21(18)30-25(26)33)17-10-19(27)23(20(28)11-17)36-13-16-7-3-2-6-15(16)12-29/h2-11,14,22,24,31H,13H2,1H3,(H,30,33)/t14-,22-,24-,26-/m0/s1. The molecule has 2 aliphatic heterocycles. The molecule has 0 radical (unpaired) electrons. The average Bonchev–Trinajstić information content (AvgIpc) is 3.32. The molecule has 0 saturated carbocycles. The Morgan fingerprint density at radius 2 is 1.81 bits per heavy atom. The number of halogens is 2. The third-order valence-corrected chi connectivity index (χ3v) is 7.44. The van der Waals surface area contributed by atoms with Crippen LogP contribution in [0.5, 0.6) is 5.75 Å². The third kappa shape index (κ3) is 3.68. The highest BCUT2D eigenvalue weighted by atomic mass is 35.5. The fraction of sp³-hybridized carbons (Fsp3) is 0.231. The first kappa shape index (κ1) is 24.1. The first-order chi connectivity index (χ1) is 17.3. The van der Waals surface area contributed by atoms with Crippen LogP contribution in [-0.2, 0) is 16.9 Å². The molecule has 36 heavy (non-hydrogen) atoms. The van der Waals surface area contributed by atoms with E-state index >= 15 is 0 Å². The summed E-state index contributed by atoms with van der Waals surface area (Å²) in [5.74, 6) is -0.960. The fourth-order valence-electron chi connectivity index (χ4n) is 5.37. The summed E-state index contributed by atoms with van der Waals surface area (Å²) in [6, 6.07) is 17.5. The van der Waals surface area contributed by atoms with Crippen LogP contribution in [-0.4, -0.2) is 22.9 Å². The predicted molar refractivity (Wildman–Crippen MR) is 135 cm³/mol. The summed E-state index contributed by atoms with van der Waals surface area (Å²) >= 11 is 13.1. The van der Waals surface area contributed by atoms with Gasteiger partial charge in [-0.2, -0.15) is 5.26 Å². The monoisotopic (exact) mass is 522 g/mol. The van der Waals surface area contributed by atoms with Crippen molar-refractivity contribution in [3.63, 3.8) is 0 Å². The van der Waals surface area contributed by atoms with Crippen molar-refractivity contribution in [2.45, 2.75) is 37.1 Å². The zero-order chi connectivity index (χ0) is 25.6. The molecule has 3 aromatic carbocycles. The number of benzene rings is 3. The molecule has 0 aromatic heterocycles. The van der Waals surface area contributed by atoms with Crippen molar-refractivity contribution in [2.75, 3.05) is 5.32 Å². The second-order valence-corrected chi connectivity index (χ2v) is 9.68. The van der Waals surface area contributed by atoms with Crippen LogP contribution in [0.4, 0.5) is 5.69 Å². The molecule has 5 rings (SSSR count). The Kier molecular flexibility index (Phi) is 6.08. The molecule has 8 nitrogen and oxygen atoms in total. The minimum Gasteiger partial charge on any atom is -0.486 e. The molecule has 2 N–H and O–H groups in total. The van der Waals surface area contributed by atoms with Gasteiger partial charge in [0.1, 0.15) is 6.61 Å². The number of fused-ring (bicyclic) bond motifs is 2. The van der Waals surface area contributed by atoms with Crippen LogP contribution in [0.3, 0.4) is 0 Å². The Hall–Kier alpha value is -3.64. The van der Waals surface area contributed by atoms with Crippen molar-refractivity contribution in [3.05, 3.63) is 103 Å². The number of nitrogens with zero attached hydrogens (tertiary/aromatic N) is 2. The number of rotatable bonds is 5. The Morgan fingerprint density at radius 3 is 2.50 bits per heavy atom. The number of ether oxygens (including phenoxy) is 1. The second-order valence-electron chi connectivity index (χ2n) is 8.87. The van der Waals surface area contributed by atoms with Gasteiger partial charge in [-0.1, -0.05) is 59.6 Å². The molecule has 182 valence electrons. The molecule has 0 aliphatic carbocycles. The van der Waals surface area contributed by atoms with E-state index in [0.29, 0.717) is 27.9 Å². The van der Waals surface area contributed by atoms with Crippen molar-refractivity contribution in [3.8, 4) is 11.8 Å². The molecule has 1 spiro atoms. The van der Waals surface area contributed by atoms with Gasteiger partial charge >= 0.3 is 0 Å². The number of carbonyl (C=O) groups excluding carboxylic acids is 1. The molecule has 10 heteroatoms. The lowest BCUT2D eigenvalue weighted by molar-refractivity contribution is -0.532. The van der Waals surface area contributed by atoms with Crippen molar-refractivity contribution in [1.29, 1.82) is 5.26 Å². The Balaban J connectivity index is 1.51. The zero-order valence-corrected chi connectivity index (χ0v) is 20.5. The number of para-hydroxylation sites is 1. The van der Waals surface area contributed by atoms with Gasteiger partial charge in [-0.05, 0) is 36.8 Å². The van der Waals surface area contributed by atoms with E-state index in [9.17, 15) is 20.2 Å². The highest BCUT2D eigenvalue weighted by Crippen LogP contribution is 2.50. The van der Waals surface area contributed by atoms with Crippen LogP contribution in [0.2, 0.25) is 10.0 Å². The van der Waals surface area contributed by atoms with Crippen LogP contribution < -0.4 is 15.4 Å². The SMILES string of the molecule is C[C@@H]1N[C@]2(C(=O)Nc3ccccc32)[C@@H]([N+](=O)[O-])[C@@H]1c1cc(Cl)c(OCc2ccccc2C#N)c(Cl)c1. The molecule has 2 aliphatic rings. The number of carbonyl (C=O) groups is 1. The minimum atomic E-state index is -1.53. The molecule has 1 fully saturated rings. The molecule has 0 bridgehead atoms. The number of hydrogen-bond acceptors (Lipinski definition) is 6. The van der Waals surface area contributed by atoms with Gasteiger partial charge in [0.25, 0.3) is 11.9 Å². The van der Waals surface area contributed by atoms with Gasteiger partial charge in [0.15, 0.2) is 11.3 Å². The number of nitro groups is 1. The van der Waals surface area contributed by atoms with Gasteiger partial charge in [-0.3, -0.25) is 20.2 Å². The number of nitriles is 1. The lowest BCUT2D eigenvalue weighted by atomic mass is 9.78. The summed E-state index contributed by atoms with van der Waals surface area (Å²) in [5.41, 5.74) is 1.23. The van der Waals surface area contributed by atoms with E-state index in [-0.39, 0.29) is 22.4 Å². The molecule has 1 amide bonds. The Bertz CT molecular complexity index is 1420. The predicted octanol–water partition coefficient (Wildman–Crippen LogP) is 5.01. The number of amides is 1. The second kappa shape index (κ2) is 9.10. The van der Waals surface area contributed by atoms with E-state index in [2.05, 4.69) is 16.7 Å². The summed E-state index contributed by atoms with van der Waals surface area (Å²) in [6.07, 6.45) is 0. The average molecular weight is 523 g/mol. The van der Waals surface area contributed by atoms with Crippen LogP contribution in [0.25, 0.3) is 0 Å². The molecule has 4 atom stereocenters. The number of anilines is 1. The normalized spacial score (nSPS) is 24.3.